The molecule has 0 unspecified atom stereocenters. The van der Waals surface area contributed by atoms with Crippen molar-refractivity contribution >= 4 is 21.7 Å². The number of anilines is 1. The fraction of sp³-hybridized carbons (Fsp3) is 0.143. The van der Waals surface area contributed by atoms with Gasteiger partial charge in [0.2, 0.25) is 5.96 Å². The van der Waals surface area contributed by atoms with Crippen molar-refractivity contribution in [3.63, 3.8) is 0 Å². The second-order valence-electron chi connectivity index (χ2n) is 6.70. The van der Waals surface area contributed by atoms with Crippen molar-refractivity contribution in [1.29, 1.82) is 0 Å². The number of rotatable bonds is 4. The first kappa shape index (κ1) is 18.7. The Morgan fingerprint density at radius 1 is 1.10 bits per heavy atom. The number of nitrogens with one attached hydrogen (secondary N) is 2. The first-order chi connectivity index (χ1) is 14.8. The van der Waals surface area contributed by atoms with Gasteiger partial charge in [-0.15, -0.1) is 0 Å². The molecule has 0 spiro atoms. The van der Waals surface area contributed by atoms with Gasteiger partial charge in [-0.2, -0.15) is 0 Å². The van der Waals surface area contributed by atoms with Gasteiger partial charge in [0.05, 0.1) is 19.3 Å². The second-order valence-corrected chi connectivity index (χ2v) is 8.35. The maximum absolute atomic E-state index is 14.4. The fourth-order valence-electron chi connectivity index (χ4n) is 3.26. The van der Waals surface area contributed by atoms with Gasteiger partial charge in [0.1, 0.15) is 16.5 Å². The third kappa shape index (κ3) is 3.76. The summed E-state index contributed by atoms with van der Waals surface area (Å²) in [6.45, 7) is 1.49. The number of hydrogen-bond acceptors (Lipinski definition) is 4. The summed E-state index contributed by atoms with van der Waals surface area (Å²) in [6.07, 6.45) is 1.41. The number of aromatic nitrogens is 1. The van der Waals surface area contributed by atoms with Crippen LogP contribution >= 0.6 is 0 Å². The highest BCUT2D eigenvalue weighted by atomic mass is 32.2. The van der Waals surface area contributed by atoms with E-state index in [0.29, 0.717) is 11.1 Å². The number of aliphatic imine (C=N–C) groups is 1. The Morgan fingerprint density at radius 3 is 2.63 bits per heavy atom. The van der Waals surface area contributed by atoms with E-state index in [4.69, 9.17) is 1.37 Å². The molecule has 30 heavy (non-hydrogen) atoms. The number of hydrogen-bond donors (Lipinski definition) is 2. The van der Waals surface area contributed by atoms with Crippen LogP contribution in [0.1, 0.15) is 31.0 Å². The van der Waals surface area contributed by atoms with Gasteiger partial charge in [-0.1, -0.05) is 37.2 Å². The van der Waals surface area contributed by atoms with Gasteiger partial charge in [0.25, 0.3) is 10.0 Å². The fourth-order valence-corrected chi connectivity index (χ4v) is 4.42. The Bertz CT molecular complexity index is 1300. The lowest BCUT2D eigenvalue weighted by Crippen LogP contribution is -2.41. The molecule has 2 aromatic carbocycles. The van der Waals surface area contributed by atoms with Gasteiger partial charge in [-0.05, 0) is 35.4 Å². The summed E-state index contributed by atoms with van der Waals surface area (Å²) in [7, 11) is -4.01. The molecule has 0 fully saturated rings. The Morgan fingerprint density at radius 2 is 1.87 bits per heavy atom. The zero-order chi connectivity index (χ0) is 22.2. The predicted molar refractivity (Wildman–Crippen MR) is 110 cm³/mol. The molecular weight excluding hydrogens is 410 g/mol. The minimum atomic E-state index is -4.01. The van der Waals surface area contributed by atoms with Crippen molar-refractivity contribution < 1.29 is 18.6 Å². The lowest BCUT2D eigenvalue weighted by atomic mass is 9.91. The van der Waals surface area contributed by atoms with Crippen LogP contribution in [0, 0.1) is 11.6 Å². The van der Waals surface area contributed by atoms with E-state index in [2.05, 4.69) is 20.0 Å². The third-order valence-corrected chi connectivity index (χ3v) is 6.16. The van der Waals surface area contributed by atoms with Gasteiger partial charge < -0.3 is 5.32 Å². The van der Waals surface area contributed by atoms with E-state index >= 15 is 0 Å². The Kier molecular flexibility index (Phi) is 4.88. The summed E-state index contributed by atoms with van der Waals surface area (Å²) < 4.78 is 64.5. The highest BCUT2D eigenvalue weighted by molar-refractivity contribution is 7.90. The second kappa shape index (κ2) is 7.83. The molecule has 0 amide bonds. The zero-order valence-corrected chi connectivity index (χ0v) is 16.7. The number of para-hydroxylation sites is 1. The molecule has 0 saturated carbocycles. The first-order valence-corrected chi connectivity index (χ1v) is 10.6. The average molecular weight is 429 g/mol. The van der Waals surface area contributed by atoms with E-state index in [1.54, 1.807) is 25.1 Å². The summed E-state index contributed by atoms with van der Waals surface area (Å²) in [6, 6.07) is 11.5. The summed E-state index contributed by atoms with van der Waals surface area (Å²) in [5.74, 6) is -1.76. The van der Waals surface area contributed by atoms with Gasteiger partial charge in [-0.3, -0.25) is 4.98 Å². The van der Waals surface area contributed by atoms with Gasteiger partial charge >= 0.3 is 0 Å². The number of sulfonamides is 1. The van der Waals surface area contributed by atoms with E-state index < -0.39 is 27.6 Å². The molecule has 0 radical (unpaired) electrons. The predicted octanol–water partition coefficient (Wildman–Crippen LogP) is 3.77. The molecule has 2 heterocycles. The van der Waals surface area contributed by atoms with Gasteiger partial charge in [-0.25, -0.2) is 26.9 Å². The van der Waals surface area contributed by atoms with Crippen molar-refractivity contribution in [1.82, 2.24) is 9.71 Å². The van der Waals surface area contributed by atoms with Crippen molar-refractivity contribution in [2.75, 3.05) is 5.32 Å². The average Bonchev–Trinajstić information content (AvgIpc) is 2.72. The van der Waals surface area contributed by atoms with Crippen molar-refractivity contribution in [2.45, 2.75) is 24.3 Å². The monoisotopic (exact) mass is 429 g/mol. The largest absolute Gasteiger partial charge is 0.324 e. The first-order valence-electron chi connectivity index (χ1n) is 9.59. The van der Waals surface area contributed by atoms with Crippen LogP contribution < -0.4 is 10.0 Å². The van der Waals surface area contributed by atoms with E-state index in [0.717, 1.165) is 0 Å². The summed E-state index contributed by atoms with van der Waals surface area (Å²) in [5, 5.41) is 2.89. The van der Waals surface area contributed by atoms with E-state index in [1.807, 2.05) is 0 Å². The lowest BCUT2D eigenvalue weighted by Gasteiger charge is -2.26. The van der Waals surface area contributed by atoms with Crippen LogP contribution in [0.3, 0.4) is 0 Å². The lowest BCUT2D eigenvalue weighted by molar-refractivity contribution is 0.590. The van der Waals surface area contributed by atoms with Crippen LogP contribution in [-0.4, -0.2) is 19.4 Å². The molecule has 1 aliphatic heterocycles. The summed E-state index contributed by atoms with van der Waals surface area (Å²) in [5.41, 5.74) is 0.832. The highest BCUT2D eigenvalue weighted by Gasteiger charge is 2.30. The Hall–Kier alpha value is -3.33. The van der Waals surface area contributed by atoms with E-state index in [-0.39, 0.29) is 34.8 Å². The Balaban J connectivity index is 1.78. The van der Waals surface area contributed by atoms with Crippen LogP contribution in [0.2, 0.25) is 0 Å². The van der Waals surface area contributed by atoms with Crippen molar-refractivity contribution in [3.05, 3.63) is 89.2 Å². The van der Waals surface area contributed by atoms with Crippen LogP contribution in [0.15, 0.2) is 70.7 Å². The Labute approximate surface area is 174 Å². The number of fused-ring (bicyclic) bond motifs is 1. The molecule has 2 N–H and O–H groups in total. The highest BCUT2D eigenvalue weighted by Crippen LogP contribution is 2.36. The SMILES string of the molecule is [2H]c1ccc2c(c1[C@H](C)c1ccccc1F)NC(=NCc1ncccc1F)NS2(=O)=O. The van der Waals surface area contributed by atoms with Gasteiger partial charge in [0.15, 0.2) is 0 Å². The van der Waals surface area contributed by atoms with Crippen molar-refractivity contribution in [3.8, 4) is 0 Å². The topological polar surface area (TPSA) is 83.4 Å². The molecule has 1 aliphatic rings. The quantitative estimate of drug-likeness (QED) is 0.661. The molecule has 1 aromatic heterocycles. The van der Waals surface area contributed by atoms with Crippen LogP contribution in [0.25, 0.3) is 0 Å². The standard InChI is InChI=1S/C21H18F2N4O2S/c1-13(14-6-2-3-8-16(14)22)15-7-4-10-19-20(15)26-21(27-30(19,28)29)25-12-18-17(23)9-5-11-24-18/h2-11,13H,12H2,1H3,(H2,25,26,27)/t13-/m1/s1/i7D. The molecule has 0 bridgehead atoms. The number of nitrogens with zero attached hydrogens (tertiary/aromatic N) is 2. The van der Waals surface area contributed by atoms with Crippen molar-refractivity contribution in [2.24, 2.45) is 4.99 Å². The smallest absolute Gasteiger partial charge is 0.266 e. The summed E-state index contributed by atoms with van der Waals surface area (Å²) in [4.78, 5) is 7.92. The van der Waals surface area contributed by atoms with Gasteiger partial charge in [0, 0.05) is 12.1 Å². The molecule has 154 valence electrons. The number of halogens is 2. The molecular formula is C21H18F2N4O2S. The minimum Gasteiger partial charge on any atom is -0.324 e. The number of guanidine groups is 1. The maximum atomic E-state index is 14.4. The molecule has 0 saturated heterocycles. The third-order valence-electron chi connectivity index (χ3n) is 4.78. The molecule has 1 atom stereocenters. The molecule has 9 heteroatoms. The normalized spacial score (nSPS) is 17.4. The number of pyridine rings is 1. The van der Waals surface area contributed by atoms with E-state index in [9.17, 15) is 17.2 Å². The molecule has 6 nitrogen and oxygen atoms in total. The maximum Gasteiger partial charge on any atom is 0.266 e. The molecule has 3 aromatic rings. The molecule has 4 rings (SSSR count). The van der Waals surface area contributed by atoms with Crippen LogP contribution in [0.5, 0.6) is 0 Å². The zero-order valence-electron chi connectivity index (χ0n) is 16.9. The minimum absolute atomic E-state index is 0.0502. The summed E-state index contributed by atoms with van der Waals surface area (Å²) >= 11 is 0. The molecule has 0 aliphatic carbocycles. The van der Waals surface area contributed by atoms with E-state index in [1.165, 1.54) is 36.5 Å². The van der Waals surface area contributed by atoms with Crippen LogP contribution in [-0.2, 0) is 16.6 Å². The van der Waals surface area contributed by atoms with Crippen LogP contribution in [0.4, 0.5) is 14.5 Å². The number of benzene rings is 2.